The summed E-state index contributed by atoms with van der Waals surface area (Å²) in [6.07, 6.45) is 6.84. The van der Waals surface area contributed by atoms with Crippen LogP contribution < -0.4 is 25.5 Å². The van der Waals surface area contributed by atoms with Gasteiger partial charge in [-0.05, 0) is 98.9 Å². The van der Waals surface area contributed by atoms with Crippen LogP contribution in [0.2, 0.25) is 0 Å². The van der Waals surface area contributed by atoms with Gasteiger partial charge in [-0.15, -0.1) is 0 Å². The van der Waals surface area contributed by atoms with Gasteiger partial charge in [-0.1, -0.05) is 47.6 Å². The van der Waals surface area contributed by atoms with E-state index in [4.69, 9.17) is 4.99 Å². The molecule has 46 heavy (non-hydrogen) atoms. The molecule has 0 radical (unpaired) electrons. The molecule has 3 aliphatic heterocycles. The first-order valence-electron chi connectivity index (χ1n) is 17.5. The summed E-state index contributed by atoms with van der Waals surface area (Å²) in [5.41, 5.74) is 8.74. The molecule has 6 heteroatoms. The van der Waals surface area contributed by atoms with E-state index in [2.05, 4.69) is 108 Å². The minimum atomic E-state index is -1.17. The number of aromatic amines is 1. The molecule has 2 aromatic carbocycles. The molecule has 0 fully saturated rings. The molecule has 0 spiro atoms. The first-order valence-corrected chi connectivity index (χ1v) is 17.5. The highest BCUT2D eigenvalue weighted by molar-refractivity contribution is 6.09. The second-order valence-corrected chi connectivity index (χ2v) is 15.6. The van der Waals surface area contributed by atoms with Crippen molar-refractivity contribution in [3.8, 4) is 0 Å². The molecule has 1 aliphatic carbocycles. The maximum absolute atomic E-state index is 14.5. The first kappa shape index (κ1) is 31.1. The zero-order chi connectivity index (χ0) is 33.0. The molecule has 7 rings (SSSR count). The van der Waals surface area contributed by atoms with Crippen LogP contribution in [0, 0.1) is 11.8 Å². The number of fused-ring (bicyclic) bond motifs is 6. The van der Waals surface area contributed by atoms with Crippen LogP contribution in [0.1, 0.15) is 104 Å². The van der Waals surface area contributed by atoms with E-state index in [1.807, 2.05) is 12.4 Å². The minimum absolute atomic E-state index is 0.0708. The summed E-state index contributed by atoms with van der Waals surface area (Å²) in [6.45, 7) is 24.9. The molecule has 5 unspecified atom stereocenters. The van der Waals surface area contributed by atoms with E-state index in [0.29, 0.717) is 35.1 Å². The molecule has 5 atom stereocenters. The Kier molecular flexibility index (Phi) is 7.10. The lowest BCUT2D eigenvalue weighted by molar-refractivity contribution is -0.382. The van der Waals surface area contributed by atoms with Crippen molar-refractivity contribution >= 4 is 39.5 Å². The number of likely N-dealkylation sites (N-methyl/N-ethyl adjacent to an activating group) is 2. The highest BCUT2D eigenvalue weighted by atomic mass is 16.3. The highest BCUT2D eigenvalue weighted by Crippen LogP contribution is 2.54. The second kappa shape index (κ2) is 10.5. The van der Waals surface area contributed by atoms with Crippen molar-refractivity contribution in [2.75, 3.05) is 22.9 Å². The average Bonchev–Trinajstić information content (AvgIpc) is 3.75. The molecule has 6 nitrogen and oxygen atoms in total. The molecule has 0 bridgehead atoms. The monoisotopic (exact) mass is 619 g/mol. The number of aliphatic hydroxyl groups is 1. The van der Waals surface area contributed by atoms with E-state index in [0.717, 1.165) is 58.5 Å². The van der Waals surface area contributed by atoms with Crippen molar-refractivity contribution < 1.29 is 10.2 Å². The average molecular weight is 620 g/mol. The van der Waals surface area contributed by atoms with E-state index in [1.165, 1.54) is 22.5 Å². The number of aliphatic hydroxyl groups excluding tert-OH is 1. The van der Waals surface area contributed by atoms with Crippen LogP contribution in [0.15, 0.2) is 41.3 Å². The van der Waals surface area contributed by atoms with Gasteiger partial charge in [0, 0.05) is 70.1 Å². The normalized spacial score (nSPS) is 29.3. The topological polar surface area (TPSA) is 77.9 Å². The number of H-pyrrole nitrogens is 1. The summed E-state index contributed by atoms with van der Waals surface area (Å²) < 4.78 is 0. The van der Waals surface area contributed by atoms with Crippen molar-refractivity contribution in [3.63, 3.8) is 0 Å². The van der Waals surface area contributed by atoms with Gasteiger partial charge in [-0.25, -0.2) is 0 Å². The maximum atomic E-state index is 14.5. The molecule has 4 heterocycles. The summed E-state index contributed by atoms with van der Waals surface area (Å²) in [5.74, 6) is 1.17. The van der Waals surface area contributed by atoms with Gasteiger partial charge in [-0.2, -0.15) is 0 Å². The standard InChI is InChI=1S/C40H51N4O2/c1-11-43-23(7)39(9,19-21(3)4)29-17-27(33-25(35(29)43)13-15-41-33)31-37(45)32(38(31)46)28-18-30-36(26-14-16-42-34(26)28)44(12-2)24(8)40(30,10)20-22(5)6/h13-18,21-24,37,41,46H,11-12,19-20H2,1-10H3/q-1. The number of hydrogen-bond acceptors (Lipinski definition) is 5. The lowest BCUT2D eigenvalue weighted by Gasteiger charge is -2.40. The predicted molar refractivity (Wildman–Crippen MR) is 190 cm³/mol. The largest absolute Gasteiger partial charge is 0.845 e. The van der Waals surface area contributed by atoms with E-state index < -0.39 is 6.10 Å². The van der Waals surface area contributed by atoms with Gasteiger partial charge in [-0.3, -0.25) is 4.99 Å². The third kappa shape index (κ3) is 3.95. The minimum Gasteiger partial charge on any atom is -0.845 e. The summed E-state index contributed by atoms with van der Waals surface area (Å²) in [4.78, 5) is 13.3. The quantitative estimate of drug-likeness (QED) is 0.309. The third-order valence-electron chi connectivity index (χ3n) is 12.1. The Morgan fingerprint density at radius 1 is 0.913 bits per heavy atom. The predicted octanol–water partition coefficient (Wildman–Crippen LogP) is 6.70. The number of anilines is 2. The van der Waals surface area contributed by atoms with Crippen molar-refractivity contribution in [2.45, 2.75) is 111 Å². The summed E-state index contributed by atoms with van der Waals surface area (Å²) >= 11 is 0. The number of nitrogens with zero attached hydrogens (tertiary/aromatic N) is 3. The molecular weight excluding hydrogens is 568 g/mol. The number of nitrogens with one attached hydrogen (secondary N) is 1. The number of benzene rings is 2. The van der Waals surface area contributed by atoms with Gasteiger partial charge in [0.05, 0.1) is 22.2 Å². The molecule has 4 aliphatic rings. The Labute approximate surface area is 274 Å². The number of hydrogen-bond donors (Lipinski definition) is 2. The highest BCUT2D eigenvalue weighted by Gasteiger charge is 2.48. The van der Waals surface area contributed by atoms with Gasteiger partial charge >= 0.3 is 0 Å². The fraction of sp³-hybridized carbons (Fsp3) is 0.525. The van der Waals surface area contributed by atoms with E-state index in [-0.39, 0.29) is 16.6 Å². The Hall–Kier alpha value is -3.51. The van der Waals surface area contributed by atoms with Crippen molar-refractivity contribution in [1.29, 1.82) is 0 Å². The molecule has 0 saturated heterocycles. The van der Waals surface area contributed by atoms with Gasteiger partial charge in [0.1, 0.15) is 5.76 Å². The van der Waals surface area contributed by atoms with Crippen LogP contribution >= 0.6 is 0 Å². The van der Waals surface area contributed by atoms with Crippen LogP contribution in [-0.4, -0.2) is 41.4 Å². The Morgan fingerprint density at radius 3 is 2.07 bits per heavy atom. The van der Waals surface area contributed by atoms with E-state index in [9.17, 15) is 10.2 Å². The Bertz CT molecular complexity index is 1950. The number of rotatable bonds is 7. The summed E-state index contributed by atoms with van der Waals surface area (Å²) in [5, 5.41) is 29.2. The molecule has 1 aromatic heterocycles. The van der Waals surface area contributed by atoms with Crippen LogP contribution in [0.4, 0.5) is 11.4 Å². The molecule has 0 amide bonds. The van der Waals surface area contributed by atoms with Crippen LogP contribution in [0.3, 0.4) is 0 Å². The lowest BCUT2D eigenvalue weighted by Crippen LogP contribution is -2.45. The maximum Gasteiger partial charge on any atom is 0.121 e. The molecule has 2 N–H and O–H groups in total. The Balaban J connectivity index is 1.48. The van der Waals surface area contributed by atoms with Gasteiger partial charge in [0.2, 0.25) is 0 Å². The van der Waals surface area contributed by atoms with Gasteiger partial charge < -0.3 is 25.0 Å². The van der Waals surface area contributed by atoms with Crippen LogP contribution in [0.25, 0.3) is 28.1 Å². The lowest BCUT2D eigenvalue weighted by atomic mass is 9.71. The fourth-order valence-electron chi connectivity index (χ4n) is 9.94. The molecular formula is C40H51N4O2-. The van der Waals surface area contributed by atoms with Crippen molar-refractivity contribution in [2.24, 2.45) is 16.8 Å². The molecule has 3 aromatic rings. The molecule has 0 saturated carbocycles. The second-order valence-electron chi connectivity index (χ2n) is 15.6. The first-order chi connectivity index (χ1) is 21.8. The Morgan fingerprint density at radius 2 is 1.50 bits per heavy atom. The van der Waals surface area contributed by atoms with Crippen LogP contribution in [0.5, 0.6) is 0 Å². The summed E-state index contributed by atoms with van der Waals surface area (Å²) in [6, 6.07) is 7.22. The van der Waals surface area contributed by atoms with Crippen molar-refractivity contribution in [1.82, 2.24) is 4.98 Å². The van der Waals surface area contributed by atoms with Crippen molar-refractivity contribution in [3.05, 3.63) is 69.2 Å². The molecule has 244 valence electrons. The van der Waals surface area contributed by atoms with Gasteiger partial charge in [0.15, 0.2) is 0 Å². The SMILES string of the molecule is CCN1c2c(cc(=C3C(O)=C(c4cc5c(c6cc[nH]c46)N(CC)C(C)C5(C)CC(C)C)C3[O-])c3c2C=CN=3)C(C)(CC(C)C)C1C. The third-order valence-corrected chi connectivity index (χ3v) is 12.1. The zero-order valence-corrected chi connectivity index (χ0v) is 29.4. The fourth-order valence-corrected chi connectivity index (χ4v) is 9.94. The van der Waals surface area contributed by atoms with Gasteiger partial charge in [0.25, 0.3) is 0 Å². The zero-order valence-electron chi connectivity index (χ0n) is 29.4. The smallest absolute Gasteiger partial charge is 0.121 e. The number of aromatic nitrogens is 1. The van der Waals surface area contributed by atoms with E-state index in [1.54, 1.807) is 0 Å². The van der Waals surface area contributed by atoms with E-state index >= 15 is 0 Å². The summed E-state index contributed by atoms with van der Waals surface area (Å²) in [7, 11) is 0. The van der Waals surface area contributed by atoms with Crippen LogP contribution in [-0.2, 0) is 10.8 Å².